The molecule has 4 nitrogen and oxygen atoms in total. The van der Waals surface area contributed by atoms with E-state index in [-0.39, 0.29) is 0 Å². The Labute approximate surface area is 121 Å². The van der Waals surface area contributed by atoms with Crippen LogP contribution in [0, 0.1) is 6.92 Å². The van der Waals surface area contributed by atoms with Crippen molar-refractivity contribution in [2.45, 2.75) is 45.4 Å². The average molecular weight is 285 g/mol. The summed E-state index contributed by atoms with van der Waals surface area (Å²) in [6.45, 7) is 9.87. The SMILES string of the molecule is CCOCCCNc1nc(C)cn1CCC(C)SC. The number of aromatic nitrogens is 2. The van der Waals surface area contributed by atoms with Gasteiger partial charge in [-0.3, -0.25) is 0 Å². The van der Waals surface area contributed by atoms with Gasteiger partial charge in [0.05, 0.1) is 5.69 Å². The highest BCUT2D eigenvalue weighted by Gasteiger charge is 2.06. The van der Waals surface area contributed by atoms with Crippen LogP contribution in [-0.4, -0.2) is 40.8 Å². The third-order valence-electron chi connectivity index (χ3n) is 3.03. The van der Waals surface area contributed by atoms with Gasteiger partial charge in [0.15, 0.2) is 0 Å². The summed E-state index contributed by atoms with van der Waals surface area (Å²) in [7, 11) is 0. The normalized spacial score (nSPS) is 12.6. The van der Waals surface area contributed by atoms with E-state index in [4.69, 9.17) is 4.74 Å². The second-order valence-electron chi connectivity index (χ2n) is 4.71. The maximum Gasteiger partial charge on any atom is 0.203 e. The molecule has 1 atom stereocenters. The molecule has 0 aromatic carbocycles. The Morgan fingerprint density at radius 2 is 2.32 bits per heavy atom. The zero-order valence-corrected chi connectivity index (χ0v) is 13.4. The van der Waals surface area contributed by atoms with Crippen LogP contribution in [0.2, 0.25) is 0 Å². The quantitative estimate of drug-likeness (QED) is 0.670. The molecule has 0 radical (unpaired) electrons. The number of thioether (sulfide) groups is 1. The predicted molar refractivity (Wildman–Crippen MR) is 84.2 cm³/mol. The maximum absolute atomic E-state index is 5.33. The second-order valence-corrected chi connectivity index (χ2v) is 5.99. The fraction of sp³-hybridized carbons (Fsp3) is 0.786. The van der Waals surface area contributed by atoms with Crippen LogP contribution >= 0.6 is 11.8 Å². The van der Waals surface area contributed by atoms with Crippen molar-refractivity contribution in [3.05, 3.63) is 11.9 Å². The van der Waals surface area contributed by atoms with Crippen LogP contribution in [0.5, 0.6) is 0 Å². The number of hydrogen-bond acceptors (Lipinski definition) is 4. The Kier molecular flexibility index (Phi) is 7.98. The molecule has 0 fully saturated rings. The number of anilines is 1. The van der Waals surface area contributed by atoms with Crippen LogP contribution in [0.3, 0.4) is 0 Å². The van der Waals surface area contributed by atoms with Gasteiger partial charge in [0.1, 0.15) is 0 Å². The van der Waals surface area contributed by atoms with E-state index in [9.17, 15) is 0 Å². The molecule has 0 saturated carbocycles. The fourth-order valence-corrected chi connectivity index (χ4v) is 2.16. The van der Waals surface area contributed by atoms with Gasteiger partial charge in [0, 0.05) is 37.8 Å². The maximum atomic E-state index is 5.33. The highest BCUT2D eigenvalue weighted by Crippen LogP contribution is 2.14. The molecule has 1 aromatic heterocycles. The summed E-state index contributed by atoms with van der Waals surface area (Å²) < 4.78 is 7.56. The number of imidazole rings is 1. The van der Waals surface area contributed by atoms with Gasteiger partial charge < -0.3 is 14.6 Å². The molecule has 0 bridgehead atoms. The molecule has 0 aliphatic carbocycles. The first-order chi connectivity index (χ1) is 9.17. The van der Waals surface area contributed by atoms with E-state index < -0.39 is 0 Å². The molecule has 1 rings (SSSR count). The second kappa shape index (κ2) is 9.26. The van der Waals surface area contributed by atoms with E-state index in [1.165, 1.54) is 6.42 Å². The number of ether oxygens (including phenoxy) is 1. The minimum atomic E-state index is 0.688. The Hall–Kier alpha value is -0.680. The van der Waals surface area contributed by atoms with Gasteiger partial charge in [0.25, 0.3) is 0 Å². The number of nitrogens with zero attached hydrogens (tertiary/aromatic N) is 2. The number of aryl methyl sites for hydroxylation is 2. The Balaban J connectivity index is 2.39. The van der Waals surface area contributed by atoms with Crippen molar-refractivity contribution in [3.8, 4) is 0 Å². The van der Waals surface area contributed by atoms with Gasteiger partial charge in [-0.15, -0.1) is 0 Å². The Morgan fingerprint density at radius 3 is 3.00 bits per heavy atom. The van der Waals surface area contributed by atoms with E-state index in [1.54, 1.807) is 0 Å². The van der Waals surface area contributed by atoms with Gasteiger partial charge in [-0.25, -0.2) is 4.98 Å². The molecular weight excluding hydrogens is 258 g/mol. The summed E-state index contributed by atoms with van der Waals surface area (Å²) in [5.41, 5.74) is 1.07. The number of rotatable bonds is 10. The van der Waals surface area contributed by atoms with Crippen LogP contribution < -0.4 is 5.32 Å². The molecule has 19 heavy (non-hydrogen) atoms. The molecule has 0 amide bonds. The van der Waals surface area contributed by atoms with Crippen LogP contribution in [0.4, 0.5) is 5.95 Å². The van der Waals surface area contributed by atoms with Crippen LogP contribution in [0.15, 0.2) is 6.20 Å². The van der Waals surface area contributed by atoms with E-state index >= 15 is 0 Å². The third kappa shape index (κ3) is 6.34. The van der Waals surface area contributed by atoms with Crippen molar-refractivity contribution in [2.75, 3.05) is 31.3 Å². The standard InChI is InChI=1S/C14H27N3OS/c1-5-18-10-6-8-15-14-16-12(2)11-17(14)9-7-13(3)19-4/h11,13H,5-10H2,1-4H3,(H,15,16). The van der Waals surface area contributed by atoms with Gasteiger partial charge in [0.2, 0.25) is 5.95 Å². The van der Waals surface area contributed by atoms with E-state index in [0.717, 1.165) is 44.4 Å². The van der Waals surface area contributed by atoms with Gasteiger partial charge in [-0.1, -0.05) is 6.92 Å². The molecule has 0 aliphatic rings. The summed E-state index contributed by atoms with van der Waals surface area (Å²) in [5.74, 6) is 0.988. The number of nitrogens with one attached hydrogen (secondary N) is 1. The summed E-state index contributed by atoms with van der Waals surface area (Å²) in [4.78, 5) is 4.54. The summed E-state index contributed by atoms with van der Waals surface area (Å²) in [6, 6.07) is 0. The Bertz CT molecular complexity index is 354. The zero-order chi connectivity index (χ0) is 14.1. The summed E-state index contributed by atoms with van der Waals surface area (Å²) >= 11 is 1.91. The van der Waals surface area contributed by atoms with Crippen LogP contribution in [-0.2, 0) is 11.3 Å². The summed E-state index contributed by atoms with van der Waals surface area (Å²) in [6.07, 6.45) is 6.47. The molecule has 5 heteroatoms. The lowest BCUT2D eigenvalue weighted by Gasteiger charge is -2.12. The molecule has 1 unspecified atom stereocenters. The van der Waals surface area contributed by atoms with Crippen molar-refractivity contribution >= 4 is 17.7 Å². The summed E-state index contributed by atoms with van der Waals surface area (Å²) in [5, 5.41) is 4.09. The third-order valence-corrected chi connectivity index (χ3v) is 4.07. The molecule has 1 heterocycles. The first-order valence-corrected chi connectivity index (χ1v) is 8.34. The van der Waals surface area contributed by atoms with Gasteiger partial charge in [-0.2, -0.15) is 11.8 Å². The van der Waals surface area contributed by atoms with Crippen molar-refractivity contribution in [3.63, 3.8) is 0 Å². The smallest absolute Gasteiger partial charge is 0.203 e. The van der Waals surface area contributed by atoms with Crippen molar-refractivity contribution in [2.24, 2.45) is 0 Å². The van der Waals surface area contributed by atoms with Crippen molar-refractivity contribution in [1.82, 2.24) is 9.55 Å². The molecule has 1 aromatic rings. The van der Waals surface area contributed by atoms with E-state index in [0.29, 0.717) is 5.25 Å². The molecule has 110 valence electrons. The molecule has 0 aliphatic heterocycles. The lowest BCUT2D eigenvalue weighted by molar-refractivity contribution is 0.147. The lowest BCUT2D eigenvalue weighted by Crippen LogP contribution is -2.12. The van der Waals surface area contributed by atoms with E-state index in [1.807, 2.05) is 25.6 Å². The van der Waals surface area contributed by atoms with Crippen molar-refractivity contribution < 1.29 is 4.74 Å². The molecule has 0 saturated heterocycles. The minimum absolute atomic E-state index is 0.688. The minimum Gasteiger partial charge on any atom is -0.382 e. The van der Waals surface area contributed by atoms with Crippen LogP contribution in [0.25, 0.3) is 0 Å². The topological polar surface area (TPSA) is 39.1 Å². The first-order valence-electron chi connectivity index (χ1n) is 7.05. The average Bonchev–Trinajstić information content (AvgIpc) is 2.76. The predicted octanol–water partition coefficient (Wildman–Crippen LogP) is 3.17. The van der Waals surface area contributed by atoms with E-state index in [2.05, 4.69) is 34.2 Å². The first kappa shape index (κ1) is 16.4. The largest absolute Gasteiger partial charge is 0.382 e. The fourth-order valence-electron chi connectivity index (χ4n) is 1.82. The molecule has 0 spiro atoms. The lowest BCUT2D eigenvalue weighted by atomic mass is 10.3. The van der Waals surface area contributed by atoms with Crippen LogP contribution in [0.1, 0.15) is 32.4 Å². The number of hydrogen-bond donors (Lipinski definition) is 1. The van der Waals surface area contributed by atoms with Gasteiger partial charge in [-0.05, 0) is 32.9 Å². The monoisotopic (exact) mass is 285 g/mol. The highest BCUT2D eigenvalue weighted by molar-refractivity contribution is 7.99. The van der Waals surface area contributed by atoms with Crippen molar-refractivity contribution in [1.29, 1.82) is 0 Å². The molecule has 1 N–H and O–H groups in total. The highest BCUT2D eigenvalue weighted by atomic mass is 32.2. The zero-order valence-electron chi connectivity index (χ0n) is 12.6. The molecular formula is C14H27N3OS. The van der Waals surface area contributed by atoms with Gasteiger partial charge >= 0.3 is 0 Å². The Morgan fingerprint density at radius 1 is 1.53 bits per heavy atom.